The molecule has 1 aliphatic heterocycles. The lowest BCUT2D eigenvalue weighted by Crippen LogP contribution is -2.63. The fourth-order valence-corrected chi connectivity index (χ4v) is 5.91. The topological polar surface area (TPSA) is 135 Å². The van der Waals surface area contributed by atoms with Gasteiger partial charge in [0, 0.05) is 42.2 Å². The van der Waals surface area contributed by atoms with Gasteiger partial charge in [-0.3, -0.25) is 19.3 Å². The molecule has 0 radical (unpaired) electrons. The van der Waals surface area contributed by atoms with E-state index >= 15 is 0 Å². The van der Waals surface area contributed by atoms with E-state index in [1.165, 1.54) is 24.4 Å². The molecule has 1 saturated carbocycles. The Morgan fingerprint density at radius 1 is 1.17 bits per heavy atom. The summed E-state index contributed by atoms with van der Waals surface area (Å²) in [5.74, 6) is -6.46. The van der Waals surface area contributed by atoms with Crippen molar-refractivity contribution >= 4 is 40.8 Å². The molecule has 1 saturated heterocycles. The minimum absolute atomic E-state index is 0.0316. The zero-order chi connectivity index (χ0) is 30.1. The van der Waals surface area contributed by atoms with E-state index < -0.39 is 54.0 Å². The Kier molecular flexibility index (Phi) is 7.95. The Hall–Kier alpha value is -4.40. The van der Waals surface area contributed by atoms with Crippen molar-refractivity contribution in [3.05, 3.63) is 88.6 Å². The van der Waals surface area contributed by atoms with Crippen molar-refractivity contribution in [2.45, 2.75) is 55.7 Å². The maximum Gasteiger partial charge on any atom is 0.252 e. The summed E-state index contributed by atoms with van der Waals surface area (Å²) in [5.41, 5.74) is -0.801. The molecule has 2 atom stereocenters. The predicted molar refractivity (Wildman–Crippen MR) is 150 cm³/mol. The second kappa shape index (κ2) is 11.5. The van der Waals surface area contributed by atoms with Gasteiger partial charge in [0.2, 0.25) is 11.8 Å². The van der Waals surface area contributed by atoms with Crippen molar-refractivity contribution < 1.29 is 28.3 Å². The number of nitriles is 1. The number of aliphatic hydroxyl groups is 1. The third kappa shape index (κ3) is 5.43. The molecule has 0 spiro atoms. The van der Waals surface area contributed by atoms with Crippen molar-refractivity contribution in [1.29, 1.82) is 5.26 Å². The molecular formula is C30H26ClF2N5O4. The molecule has 12 heteroatoms. The van der Waals surface area contributed by atoms with Crippen LogP contribution in [0.15, 0.2) is 66.9 Å². The third-order valence-corrected chi connectivity index (χ3v) is 7.97. The average molecular weight is 594 g/mol. The monoisotopic (exact) mass is 593 g/mol. The molecule has 0 bridgehead atoms. The van der Waals surface area contributed by atoms with Crippen LogP contribution in [0.1, 0.15) is 48.3 Å². The van der Waals surface area contributed by atoms with Gasteiger partial charge in [0.1, 0.15) is 11.4 Å². The molecule has 2 fully saturated rings. The number of anilines is 2. The molecule has 1 aromatic heterocycles. The van der Waals surface area contributed by atoms with Crippen molar-refractivity contribution in [3.63, 3.8) is 0 Å². The number of carbonyl (C=O) groups excluding carboxylic acids is 3. The highest BCUT2D eigenvalue weighted by Gasteiger charge is 2.61. The maximum atomic E-state index is 14.5. The second-order valence-electron chi connectivity index (χ2n) is 10.4. The molecule has 216 valence electrons. The first kappa shape index (κ1) is 29.1. The minimum atomic E-state index is -2.92. The number of pyridine rings is 1. The summed E-state index contributed by atoms with van der Waals surface area (Å²) in [6, 6.07) is 16.6. The molecule has 1 unspecified atom stereocenters. The van der Waals surface area contributed by atoms with E-state index in [0.29, 0.717) is 11.3 Å². The summed E-state index contributed by atoms with van der Waals surface area (Å²) >= 11 is 6.59. The molecule has 42 heavy (non-hydrogen) atoms. The zero-order valence-corrected chi connectivity index (χ0v) is 22.9. The van der Waals surface area contributed by atoms with Crippen LogP contribution in [0, 0.1) is 11.3 Å². The fourth-order valence-electron chi connectivity index (χ4n) is 5.66. The predicted octanol–water partition coefficient (Wildman–Crippen LogP) is 4.30. The summed E-state index contributed by atoms with van der Waals surface area (Å²) in [5, 5.41) is 24.7. The van der Waals surface area contributed by atoms with Crippen LogP contribution >= 0.6 is 11.6 Å². The van der Waals surface area contributed by atoms with Gasteiger partial charge in [-0.15, -0.1) is 0 Å². The van der Waals surface area contributed by atoms with Crippen LogP contribution in [0.2, 0.25) is 5.02 Å². The molecule has 2 aromatic carbocycles. The standard InChI is InChI=1S/C30H26ClF2N5O4/c31-23-7-2-1-6-22(23)26(27(41)36-21-14-29(32,33)15-21)30(28(42)37-20-5-3-4-19(12-20)17-39)10-8-25(40)38(30)24-13-18(16-34)9-11-35-24/h1-7,9,11-13,21,26,39H,8,10,14-15,17H2,(H,36,41)(H,37,42)/t26-,30?/m1/s1. The quantitative estimate of drug-likeness (QED) is 0.356. The first-order chi connectivity index (χ1) is 20.1. The van der Waals surface area contributed by atoms with Gasteiger partial charge in [0.05, 0.1) is 24.2 Å². The second-order valence-corrected chi connectivity index (χ2v) is 10.8. The number of amides is 3. The van der Waals surface area contributed by atoms with Gasteiger partial charge < -0.3 is 15.7 Å². The third-order valence-electron chi connectivity index (χ3n) is 7.63. The zero-order valence-electron chi connectivity index (χ0n) is 22.2. The van der Waals surface area contributed by atoms with Crippen LogP contribution in [-0.2, 0) is 21.0 Å². The number of rotatable bonds is 8. The Labute approximate surface area is 245 Å². The van der Waals surface area contributed by atoms with Crippen LogP contribution in [0.3, 0.4) is 0 Å². The SMILES string of the molecule is N#Cc1ccnc(N2C(=O)CCC2(C(=O)Nc2cccc(CO)c2)[C@@H](C(=O)NC2CC(F)(F)C2)c2ccccc2Cl)c1. The molecule has 9 nitrogen and oxygen atoms in total. The van der Waals surface area contributed by atoms with E-state index in [1.54, 1.807) is 42.5 Å². The van der Waals surface area contributed by atoms with Crippen molar-refractivity contribution in [2.24, 2.45) is 0 Å². The number of nitrogens with zero attached hydrogens (tertiary/aromatic N) is 3. The number of nitrogens with one attached hydrogen (secondary N) is 2. The number of halogens is 3. The number of hydrogen-bond acceptors (Lipinski definition) is 6. The Bertz CT molecular complexity index is 1590. The van der Waals surface area contributed by atoms with E-state index in [1.807, 2.05) is 6.07 Å². The molecule has 3 amide bonds. The molecule has 1 aliphatic carbocycles. The van der Waals surface area contributed by atoms with Crippen LogP contribution in [0.4, 0.5) is 20.3 Å². The molecule has 2 aliphatic rings. The van der Waals surface area contributed by atoms with Crippen LogP contribution in [0.25, 0.3) is 0 Å². The van der Waals surface area contributed by atoms with Gasteiger partial charge in [-0.2, -0.15) is 5.26 Å². The lowest BCUT2D eigenvalue weighted by molar-refractivity contribution is -0.136. The van der Waals surface area contributed by atoms with Gasteiger partial charge in [0.15, 0.2) is 0 Å². The van der Waals surface area contributed by atoms with E-state index in [2.05, 4.69) is 15.6 Å². The lowest BCUT2D eigenvalue weighted by Gasteiger charge is -2.43. The van der Waals surface area contributed by atoms with E-state index in [-0.39, 0.29) is 41.4 Å². The van der Waals surface area contributed by atoms with Gasteiger partial charge in [0.25, 0.3) is 11.8 Å². The number of benzene rings is 2. The van der Waals surface area contributed by atoms with E-state index in [9.17, 15) is 33.5 Å². The number of aliphatic hydroxyl groups excluding tert-OH is 1. The summed E-state index contributed by atoms with van der Waals surface area (Å²) in [7, 11) is 0. The summed E-state index contributed by atoms with van der Waals surface area (Å²) < 4.78 is 27.4. The Morgan fingerprint density at radius 2 is 1.93 bits per heavy atom. The first-order valence-electron chi connectivity index (χ1n) is 13.2. The molecule has 3 aromatic rings. The van der Waals surface area contributed by atoms with Crippen molar-refractivity contribution in [1.82, 2.24) is 10.3 Å². The summed E-state index contributed by atoms with van der Waals surface area (Å²) in [6.45, 7) is -0.291. The molecular weight excluding hydrogens is 568 g/mol. The number of hydrogen-bond donors (Lipinski definition) is 3. The summed E-state index contributed by atoms with van der Waals surface area (Å²) in [4.78, 5) is 47.6. The smallest absolute Gasteiger partial charge is 0.252 e. The Morgan fingerprint density at radius 3 is 2.62 bits per heavy atom. The fraction of sp³-hybridized carbons (Fsp3) is 0.300. The largest absolute Gasteiger partial charge is 0.392 e. The number of aromatic nitrogens is 1. The van der Waals surface area contributed by atoms with Gasteiger partial charge in [-0.25, -0.2) is 13.8 Å². The molecule has 5 rings (SSSR count). The lowest BCUT2D eigenvalue weighted by atomic mass is 9.74. The van der Waals surface area contributed by atoms with Crippen LogP contribution in [0.5, 0.6) is 0 Å². The van der Waals surface area contributed by atoms with Crippen molar-refractivity contribution in [2.75, 3.05) is 10.2 Å². The van der Waals surface area contributed by atoms with E-state index in [0.717, 1.165) is 4.90 Å². The summed E-state index contributed by atoms with van der Waals surface area (Å²) in [6.07, 6.45) is -0.114. The van der Waals surface area contributed by atoms with E-state index in [4.69, 9.17) is 11.6 Å². The van der Waals surface area contributed by atoms with Crippen LogP contribution < -0.4 is 15.5 Å². The molecule has 2 heterocycles. The first-order valence-corrected chi connectivity index (χ1v) is 13.6. The van der Waals surface area contributed by atoms with Crippen molar-refractivity contribution in [3.8, 4) is 6.07 Å². The average Bonchev–Trinajstić information content (AvgIpc) is 3.30. The highest BCUT2D eigenvalue weighted by molar-refractivity contribution is 6.32. The highest BCUT2D eigenvalue weighted by Crippen LogP contribution is 2.47. The normalized spacial score (nSPS) is 20.4. The molecule has 3 N–H and O–H groups in total. The Balaban J connectivity index is 1.69. The van der Waals surface area contributed by atoms with Gasteiger partial charge >= 0.3 is 0 Å². The van der Waals surface area contributed by atoms with Crippen LogP contribution in [-0.4, -0.2) is 45.3 Å². The minimum Gasteiger partial charge on any atom is -0.392 e. The number of alkyl halides is 2. The highest BCUT2D eigenvalue weighted by atomic mass is 35.5. The number of carbonyl (C=O) groups is 3. The van der Waals surface area contributed by atoms with Gasteiger partial charge in [-0.05, 0) is 47.9 Å². The van der Waals surface area contributed by atoms with Gasteiger partial charge in [-0.1, -0.05) is 41.9 Å². The maximum absolute atomic E-state index is 14.5.